The topological polar surface area (TPSA) is 147 Å². The van der Waals surface area contributed by atoms with Gasteiger partial charge >= 0.3 is 5.97 Å². The van der Waals surface area contributed by atoms with Gasteiger partial charge in [-0.05, 0) is 20.8 Å². The highest BCUT2D eigenvalue weighted by molar-refractivity contribution is 8.01. The molecule has 1 aromatic heterocycles. The van der Waals surface area contributed by atoms with Gasteiger partial charge in [-0.1, -0.05) is 5.16 Å². The van der Waals surface area contributed by atoms with Crippen LogP contribution < -0.4 is 11.1 Å². The summed E-state index contributed by atoms with van der Waals surface area (Å²) in [5, 5.41) is 17.2. The molecule has 0 saturated carbocycles. The van der Waals surface area contributed by atoms with E-state index in [0.717, 1.165) is 11.3 Å². The van der Waals surface area contributed by atoms with Crippen molar-refractivity contribution in [3.8, 4) is 0 Å². The molecule has 1 aromatic rings. The van der Waals surface area contributed by atoms with Crippen LogP contribution in [-0.4, -0.2) is 67.3 Å². The Hall–Kier alpha value is -2.34. The molecule has 2 fully saturated rings. The number of nitrogens with two attached hydrogens (primary N) is 1. The van der Waals surface area contributed by atoms with Crippen molar-refractivity contribution >= 4 is 51.7 Å². The first-order valence-electron chi connectivity index (χ1n) is 8.12. The number of carboxylic acid groups (broad SMARTS) is 1. The summed E-state index contributed by atoms with van der Waals surface area (Å²) in [5.74, 6) is -2.14. The number of nitrogens with one attached hydrogen (secondary N) is 1. The van der Waals surface area contributed by atoms with Crippen LogP contribution in [0, 0.1) is 0 Å². The predicted molar refractivity (Wildman–Crippen MR) is 100 cm³/mol. The molecule has 2 aliphatic rings. The quantitative estimate of drug-likeness (QED) is 0.338. The number of carbonyl (C=O) groups is 3. The number of amides is 2. The Balaban J connectivity index is 1.78. The number of aliphatic carboxylic acids is 1. The summed E-state index contributed by atoms with van der Waals surface area (Å²) >= 11 is 2.49. The molecule has 146 valence electrons. The molecular formula is C15H19N5O5S2. The maximum Gasteiger partial charge on any atom is 0.327 e. The highest BCUT2D eigenvalue weighted by Gasteiger charge is 2.64. The average molecular weight is 413 g/mol. The molecule has 3 atom stereocenters. The first-order chi connectivity index (χ1) is 12.7. The molecule has 2 amide bonds. The van der Waals surface area contributed by atoms with Crippen LogP contribution in [0.3, 0.4) is 0 Å². The van der Waals surface area contributed by atoms with E-state index in [1.54, 1.807) is 26.2 Å². The maximum absolute atomic E-state index is 12.7. The van der Waals surface area contributed by atoms with Crippen molar-refractivity contribution in [3.63, 3.8) is 0 Å². The zero-order chi connectivity index (χ0) is 19.9. The average Bonchev–Trinajstić information content (AvgIpc) is 3.12. The number of fused-ring (bicyclic) bond motifs is 1. The van der Waals surface area contributed by atoms with Gasteiger partial charge in [0.25, 0.3) is 5.91 Å². The highest BCUT2D eigenvalue weighted by atomic mass is 32.2. The third-order valence-electron chi connectivity index (χ3n) is 4.23. The van der Waals surface area contributed by atoms with Gasteiger partial charge in [0.2, 0.25) is 5.91 Å². The number of aromatic nitrogens is 1. The second-order valence-corrected chi connectivity index (χ2v) is 9.14. The highest BCUT2D eigenvalue weighted by Crippen LogP contribution is 2.50. The fraction of sp³-hybridized carbons (Fsp3) is 0.533. The van der Waals surface area contributed by atoms with E-state index in [4.69, 9.17) is 10.6 Å². The third-order valence-corrected chi connectivity index (χ3v) is 6.47. The molecule has 27 heavy (non-hydrogen) atoms. The number of anilines is 1. The van der Waals surface area contributed by atoms with E-state index in [0.29, 0.717) is 0 Å². The number of oxime groups is 1. The van der Waals surface area contributed by atoms with Gasteiger partial charge in [-0.15, -0.1) is 23.1 Å². The van der Waals surface area contributed by atoms with Crippen molar-refractivity contribution in [3.05, 3.63) is 11.1 Å². The Morgan fingerprint density at radius 2 is 2.22 bits per heavy atom. The van der Waals surface area contributed by atoms with Gasteiger partial charge in [-0.2, -0.15) is 0 Å². The molecule has 10 nitrogen and oxygen atoms in total. The third kappa shape index (κ3) is 3.34. The van der Waals surface area contributed by atoms with E-state index in [9.17, 15) is 19.5 Å². The van der Waals surface area contributed by atoms with E-state index in [2.05, 4.69) is 15.5 Å². The molecule has 0 radical (unpaired) electrons. The molecule has 2 aliphatic heterocycles. The Bertz CT molecular complexity index is 823. The number of thiazole rings is 1. The number of carboxylic acids is 1. The van der Waals surface area contributed by atoms with Crippen LogP contribution in [-0.2, 0) is 19.2 Å². The number of nitrogen functional groups attached to an aromatic ring is 1. The van der Waals surface area contributed by atoms with Gasteiger partial charge in [-0.3, -0.25) is 9.59 Å². The summed E-state index contributed by atoms with van der Waals surface area (Å²) in [7, 11) is 0. The van der Waals surface area contributed by atoms with Crippen LogP contribution in [0.4, 0.5) is 5.13 Å². The van der Waals surface area contributed by atoms with Gasteiger partial charge < -0.3 is 25.9 Å². The van der Waals surface area contributed by atoms with Crippen LogP contribution in [0.5, 0.6) is 0 Å². The summed E-state index contributed by atoms with van der Waals surface area (Å²) in [5.41, 5.74) is 5.77. The maximum atomic E-state index is 12.7. The summed E-state index contributed by atoms with van der Waals surface area (Å²) in [6.07, 6.45) is 0. The fourth-order valence-corrected chi connectivity index (χ4v) is 5.26. The zero-order valence-corrected chi connectivity index (χ0v) is 16.5. The molecular weight excluding hydrogens is 394 g/mol. The number of hydrogen-bond acceptors (Lipinski definition) is 9. The fourth-order valence-electron chi connectivity index (χ4n) is 3.09. The molecule has 2 saturated heterocycles. The van der Waals surface area contributed by atoms with E-state index < -0.39 is 40.0 Å². The van der Waals surface area contributed by atoms with Gasteiger partial charge in [0.15, 0.2) is 10.8 Å². The van der Waals surface area contributed by atoms with E-state index in [1.165, 1.54) is 16.7 Å². The molecule has 0 spiro atoms. The van der Waals surface area contributed by atoms with E-state index in [1.807, 2.05) is 0 Å². The lowest BCUT2D eigenvalue weighted by molar-refractivity contribution is -0.160. The molecule has 3 rings (SSSR count). The van der Waals surface area contributed by atoms with Crippen LogP contribution >= 0.6 is 23.1 Å². The summed E-state index contributed by atoms with van der Waals surface area (Å²) in [4.78, 5) is 47.0. The lowest BCUT2D eigenvalue weighted by Gasteiger charge is -2.43. The van der Waals surface area contributed by atoms with Crippen molar-refractivity contribution in [1.29, 1.82) is 0 Å². The Kier molecular flexibility index (Phi) is 5.04. The number of rotatable bonds is 6. The van der Waals surface area contributed by atoms with Crippen LogP contribution in [0.1, 0.15) is 26.5 Å². The largest absolute Gasteiger partial charge is 0.480 e. The molecule has 12 heteroatoms. The smallest absolute Gasteiger partial charge is 0.327 e. The molecule has 0 unspecified atom stereocenters. The summed E-state index contributed by atoms with van der Waals surface area (Å²) in [6.45, 7) is 5.49. The monoisotopic (exact) mass is 413 g/mol. The second-order valence-electron chi connectivity index (χ2n) is 6.48. The number of hydrogen-bond donors (Lipinski definition) is 3. The molecule has 4 N–H and O–H groups in total. The minimum atomic E-state index is -1.07. The Morgan fingerprint density at radius 3 is 2.78 bits per heavy atom. The molecule has 3 heterocycles. The van der Waals surface area contributed by atoms with Crippen LogP contribution in [0.25, 0.3) is 0 Å². The van der Waals surface area contributed by atoms with Crippen molar-refractivity contribution in [2.75, 3.05) is 12.3 Å². The van der Waals surface area contributed by atoms with Crippen molar-refractivity contribution in [2.45, 2.75) is 43.0 Å². The Labute approximate surface area is 163 Å². The first-order valence-corrected chi connectivity index (χ1v) is 9.88. The normalized spacial score (nSPS) is 26.3. The summed E-state index contributed by atoms with van der Waals surface area (Å²) in [6, 6.07) is -1.78. The van der Waals surface area contributed by atoms with Gasteiger partial charge in [0.1, 0.15) is 29.8 Å². The van der Waals surface area contributed by atoms with Crippen LogP contribution in [0.15, 0.2) is 10.5 Å². The van der Waals surface area contributed by atoms with Crippen molar-refractivity contribution < 1.29 is 24.3 Å². The van der Waals surface area contributed by atoms with Gasteiger partial charge in [-0.25, -0.2) is 9.78 Å². The predicted octanol–water partition coefficient (Wildman–Crippen LogP) is 0.0976. The van der Waals surface area contributed by atoms with Gasteiger partial charge in [0, 0.05) is 10.1 Å². The minimum absolute atomic E-state index is 0.0897. The first kappa shape index (κ1) is 19.4. The molecule has 0 bridgehead atoms. The number of carbonyl (C=O) groups excluding carboxylic acids is 2. The number of β-lactam (4-membered cyclic amide) rings is 1. The second kappa shape index (κ2) is 7.00. The minimum Gasteiger partial charge on any atom is -0.480 e. The zero-order valence-electron chi connectivity index (χ0n) is 14.8. The van der Waals surface area contributed by atoms with Crippen LogP contribution in [0.2, 0.25) is 0 Å². The van der Waals surface area contributed by atoms with Gasteiger partial charge in [0.05, 0.1) is 0 Å². The van der Waals surface area contributed by atoms with E-state index in [-0.39, 0.29) is 23.1 Å². The van der Waals surface area contributed by atoms with E-state index >= 15 is 0 Å². The number of thioether (sulfide) groups is 1. The number of nitrogens with zero attached hydrogens (tertiary/aromatic N) is 3. The van der Waals surface area contributed by atoms with Crippen molar-refractivity contribution in [1.82, 2.24) is 15.2 Å². The standard InChI is InChI=1S/C15H19N5O5S2/c1-4-25-19-7(6-5-26-14(16)17-6)10(21)18-8-11(22)20-9(13(23)24)15(2,3)27-12(8)20/h5,8-9,12H,4H2,1-3H3,(H2,16,17)(H,18,21)(H,23,24)/t8-,9-,12+/m0/s1. The Morgan fingerprint density at radius 1 is 1.52 bits per heavy atom. The molecule has 0 aromatic carbocycles. The molecule has 0 aliphatic carbocycles. The SMILES string of the molecule is CCON=C(C(=O)N[C@H]1C(=O)N2[C@@H]1SC(C)(C)[C@@H]2C(=O)O)c1csc(N)n1. The summed E-state index contributed by atoms with van der Waals surface area (Å²) < 4.78 is -0.669. The van der Waals surface area contributed by atoms with Crippen molar-refractivity contribution in [2.24, 2.45) is 5.16 Å². The lowest BCUT2D eigenvalue weighted by Crippen LogP contribution is -2.71. The lowest BCUT2D eigenvalue weighted by atomic mass is 9.96.